The molecule has 21 heavy (non-hydrogen) atoms. The van der Waals surface area contributed by atoms with Crippen LogP contribution in [0.4, 0.5) is 0 Å². The van der Waals surface area contributed by atoms with Crippen molar-refractivity contribution in [2.45, 2.75) is 48.7 Å². The maximum Gasteiger partial charge on any atom is 0.244 e. The second-order valence-corrected chi connectivity index (χ2v) is 8.32. The molecule has 7 heteroatoms. The summed E-state index contributed by atoms with van der Waals surface area (Å²) in [6.45, 7) is 0. The highest BCUT2D eigenvalue weighted by atomic mass is 79.9. The van der Waals surface area contributed by atoms with E-state index < -0.39 is 10.0 Å². The first-order valence-electron chi connectivity index (χ1n) is 7.10. The number of methoxy groups -OCH3 is 1. The number of nitrogens with one attached hydrogen (secondary N) is 2. The van der Waals surface area contributed by atoms with E-state index in [1.807, 2.05) is 0 Å². The van der Waals surface area contributed by atoms with Crippen molar-refractivity contribution >= 4 is 26.0 Å². The van der Waals surface area contributed by atoms with Crippen molar-refractivity contribution in [2.75, 3.05) is 7.11 Å². The van der Waals surface area contributed by atoms with Gasteiger partial charge < -0.3 is 10.1 Å². The topological polar surface area (TPSA) is 67.4 Å². The molecule has 2 fully saturated rings. The van der Waals surface area contributed by atoms with Crippen molar-refractivity contribution in [2.24, 2.45) is 0 Å². The molecular weight excluding hydrogens is 356 g/mol. The summed E-state index contributed by atoms with van der Waals surface area (Å²) >= 11 is 3.31. The molecule has 2 atom stereocenters. The van der Waals surface area contributed by atoms with Crippen LogP contribution in [0.2, 0.25) is 0 Å². The maximum atomic E-state index is 12.6. The van der Waals surface area contributed by atoms with Gasteiger partial charge in [-0.15, -0.1) is 0 Å². The van der Waals surface area contributed by atoms with Gasteiger partial charge in [-0.25, -0.2) is 13.1 Å². The minimum Gasteiger partial charge on any atom is -0.495 e. The van der Waals surface area contributed by atoms with Crippen LogP contribution in [0.5, 0.6) is 5.75 Å². The monoisotopic (exact) mass is 374 g/mol. The highest BCUT2D eigenvalue weighted by Crippen LogP contribution is 2.30. The summed E-state index contributed by atoms with van der Waals surface area (Å²) in [5, 5.41) is 3.51. The number of rotatable bonds is 4. The van der Waals surface area contributed by atoms with Crippen LogP contribution in [0.1, 0.15) is 25.7 Å². The van der Waals surface area contributed by atoms with Crippen molar-refractivity contribution < 1.29 is 13.2 Å². The quantitative estimate of drug-likeness (QED) is 0.845. The third-order valence-corrected chi connectivity index (χ3v) is 6.25. The summed E-state index contributed by atoms with van der Waals surface area (Å²) in [7, 11) is -2.10. The summed E-state index contributed by atoms with van der Waals surface area (Å²) < 4.78 is 34.0. The molecule has 2 aliphatic rings. The van der Waals surface area contributed by atoms with E-state index in [4.69, 9.17) is 4.74 Å². The van der Waals surface area contributed by atoms with E-state index in [2.05, 4.69) is 26.0 Å². The van der Waals surface area contributed by atoms with Gasteiger partial charge in [-0.2, -0.15) is 0 Å². The number of benzene rings is 1. The van der Waals surface area contributed by atoms with Gasteiger partial charge in [0.1, 0.15) is 10.6 Å². The fourth-order valence-electron chi connectivity index (χ4n) is 3.30. The Labute approximate surface area is 133 Å². The molecule has 2 saturated heterocycles. The lowest BCUT2D eigenvalue weighted by Crippen LogP contribution is -2.47. The normalized spacial score (nSPS) is 28.6. The summed E-state index contributed by atoms with van der Waals surface area (Å²) in [6.07, 6.45) is 3.99. The molecule has 5 nitrogen and oxygen atoms in total. The molecular formula is C14H19BrN2O3S. The summed E-state index contributed by atoms with van der Waals surface area (Å²) in [4.78, 5) is 0.185. The third-order valence-electron chi connectivity index (χ3n) is 4.21. The molecule has 2 bridgehead atoms. The third kappa shape index (κ3) is 3.26. The molecule has 0 spiro atoms. The molecule has 2 heterocycles. The van der Waals surface area contributed by atoms with Crippen molar-refractivity contribution in [1.29, 1.82) is 0 Å². The fraction of sp³-hybridized carbons (Fsp3) is 0.571. The van der Waals surface area contributed by atoms with Crippen LogP contribution in [-0.2, 0) is 10.0 Å². The standard InChI is InChI=1S/C14H19BrN2O3S/c1-20-13-5-2-9(15)6-14(13)21(18,19)17-12-7-10-3-4-11(8-12)16-10/h2,5-6,10-12,16-17H,3-4,7-8H2,1H3. The van der Waals surface area contributed by atoms with Crippen LogP contribution in [-0.4, -0.2) is 33.7 Å². The molecule has 0 aromatic heterocycles. The molecule has 0 aliphatic carbocycles. The highest BCUT2D eigenvalue weighted by molar-refractivity contribution is 9.10. The first-order chi connectivity index (χ1) is 9.98. The van der Waals surface area contributed by atoms with Crippen molar-refractivity contribution in [3.05, 3.63) is 22.7 Å². The van der Waals surface area contributed by atoms with E-state index in [1.165, 1.54) is 7.11 Å². The molecule has 1 aromatic rings. The van der Waals surface area contributed by atoms with Gasteiger partial charge in [0.25, 0.3) is 0 Å². The largest absolute Gasteiger partial charge is 0.495 e. The van der Waals surface area contributed by atoms with Gasteiger partial charge in [0.2, 0.25) is 10.0 Å². The molecule has 0 amide bonds. The average molecular weight is 375 g/mol. The van der Waals surface area contributed by atoms with Crippen LogP contribution in [0.25, 0.3) is 0 Å². The Bertz CT molecular complexity index is 623. The smallest absolute Gasteiger partial charge is 0.244 e. The minimum atomic E-state index is -3.58. The molecule has 0 saturated carbocycles. The van der Waals surface area contributed by atoms with Gasteiger partial charge in [0, 0.05) is 22.6 Å². The molecule has 2 unspecified atom stereocenters. The number of ether oxygens (including phenoxy) is 1. The van der Waals surface area contributed by atoms with Gasteiger partial charge in [0.15, 0.2) is 0 Å². The highest BCUT2D eigenvalue weighted by Gasteiger charge is 2.35. The zero-order valence-corrected chi connectivity index (χ0v) is 14.2. The summed E-state index contributed by atoms with van der Waals surface area (Å²) in [5.41, 5.74) is 0. The maximum absolute atomic E-state index is 12.6. The number of hydrogen-bond acceptors (Lipinski definition) is 4. The van der Waals surface area contributed by atoms with E-state index in [1.54, 1.807) is 18.2 Å². The Morgan fingerprint density at radius 2 is 1.95 bits per heavy atom. The Hall–Kier alpha value is -0.630. The number of hydrogen-bond donors (Lipinski definition) is 2. The average Bonchev–Trinajstić information content (AvgIpc) is 2.77. The second kappa shape index (κ2) is 5.87. The van der Waals surface area contributed by atoms with Gasteiger partial charge in [-0.3, -0.25) is 0 Å². The van der Waals surface area contributed by atoms with Crippen molar-refractivity contribution in [3.8, 4) is 5.75 Å². The van der Waals surface area contributed by atoms with E-state index in [0.29, 0.717) is 22.3 Å². The van der Waals surface area contributed by atoms with Gasteiger partial charge >= 0.3 is 0 Å². The predicted molar refractivity (Wildman–Crippen MR) is 84.0 cm³/mol. The Kier molecular flexibility index (Phi) is 4.27. The summed E-state index contributed by atoms with van der Waals surface area (Å²) in [5.74, 6) is 0.364. The molecule has 116 valence electrons. The number of fused-ring (bicyclic) bond motifs is 2. The minimum absolute atomic E-state index is 0.00237. The number of piperidine rings is 1. The zero-order valence-electron chi connectivity index (χ0n) is 11.8. The Morgan fingerprint density at radius 3 is 2.57 bits per heavy atom. The second-order valence-electron chi connectivity index (χ2n) is 5.72. The lowest BCUT2D eigenvalue weighted by Gasteiger charge is -2.29. The lowest BCUT2D eigenvalue weighted by atomic mass is 10.0. The van der Waals surface area contributed by atoms with E-state index in [9.17, 15) is 8.42 Å². The van der Waals surface area contributed by atoms with Crippen LogP contribution in [0.3, 0.4) is 0 Å². The van der Waals surface area contributed by atoms with E-state index >= 15 is 0 Å². The number of halogens is 1. The van der Waals surface area contributed by atoms with Crippen LogP contribution in [0, 0.1) is 0 Å². The van der Waals surface area contributed by atoms with Crippen LogP contribution >= 0.6 is 15.9 Å². The molecule has 0 radical (unpaired) electrons. The van der Waals surface area contributed by atoms with E-state index in [0.717, 1.165) is 25.7 Å². The van der Waals surface area contributed by atoms with Crippen LogP contribution in [0.15, 0.2) is 27.6 Å². The van der Waals surface area contributed by atoms with Gasteiger partial charge in [-0.1, -0.05) is 15.9 Å². The van der Waals surface area contributed by atoms with Crippen molar-refractivity contribution in [3.63, 3.8) is 0 Å². The Morgan fingerprint density at radius 1 is 1.29 bits per heavy atom. The predicted octanol–water partition coefficient (Wildman–Crippen LogP) is 2.02. The SMILES string of the molecule is COc1ccc(Br)cc1S(=O)(=O)NC1CC2CCC(C1)N2. The molecule has 1 aromatic carbocycles. The van der Waals surface area contributed by atoms with Gasteiger partial charge in [-0.05, 0) is 43.9 Å². The first kappa shape index (κ1) is 15.3. The van der Waals surface area contributed by atoms with Crippen molar-refractivity contribution in [1.82, 2.24) is 10.0 Å². The molecule has 2 aliphatic heterocycles. The summed E-state index contributed by atoms with van der Waals surface area (Å²) in [6, 6.07) is 5.89. The number of sulfonamides is 1. The van der Waals surface area contributed by atoms with E-state index in [-0.39, 0.29) is 10.9 Å². The zero-order chi connectivity index (χ0) is 15.0. The molecule has 3 rings (SSSR count). The lowest BCUT2D eigenvalue weighted by molar-refractivity contribution is 0.344. The van der Waals surface area contributed by atoms with Crippen LogP contribution < -0.4 is 14.8 Å². The fourth-order valence-corrected chi connectivity index (χ4v) is 5.27. The Balaban J connectivity index is 1.82. The first-order valence-corrected chi connectivity index (χ1v) is 9.37. The molecule has 2 N–H and O–H groups in total. The van der Waals surface area contributed by atoms with Gasteiger partial charge in [0.05, 0.1) is 7.11 Å².